The Balaban J connectivity index is 1.88. The standard InChI is InChI=1S/C20H31NO2S/c1-4-5-6-7-12-21-17-10-8-16-14-18(11-9-15(16)13-17)24-20(2,3)19(22)23/h9,11,14,17,21H,4-8,10,12-13H2,1-3H3,(H,22,23). The predicted octanol–water partition coefficient (Wildman–Crippen LogP) is 4.67. The monoisotopic (exact) mass is 349 g/mol. The van der Waals surface area contributed by atoms with Gasteiger partial charge in [0.1, 0.15) is 4.75 Å². The number of aryl methyl sites for hydroxylation is 1. The van der Waals surface area contributed by atoms with Crippen LogP contribution < -0.4 is 5.32 Å². The maximum atomic E-state index is 11.3. The second-order valence-corrected chi connectivity index (χ2v) is 9.00. The van der Waals surface area contributed by atoms with Crippen molar-refractivity contribution in [2.45, 2.75) is 81.4 Å². The molecule has 1 aromatic carbocycles. The van der Waals surface area contributed by atoms with Crippen molar-refractivity contribution in [2.75, 3.05) is 6.54 Å². The van der Waals surface area contributed by atoms with Crippen LogP contribution in [0.15, 0.2) is 23.1 Å². The van der Waals surface area contributed by atoms with Gasteiger partial charge in [0.15, 0.2) is 0 Å². The molecule has 0 aliphatic heterocycles. The molecule has 0 radical (unpaired) electrons. The Kier molecular flexibility index (Phi) is 7.17. The molecule has 4 heteroatoms. The van der Waals surface area contributed by atoms with E-state index in [0.29, 0.717) is 6.04 Å². The van der Waals surface area contributed by atoms with Crippen LogP contribution in [-0.4, -0.2) is 28.4 Å². The summed E-state index contributed by atoms with van der Waals surface area (Å²) in [6.07, 6.45) is 8.58. The maximum absolute atomic E-state index is 11.3. The van der Waals surface area contributed by atoms with Crippen LogP contribution in [-0.2, 0) is 17.6 Å². The third-order valence-corrected chi connectivity index (χ3v) is 5.93. The summed E-state index contributed by atoms with van der Waals surface area (Å²) in [6.45, 7) is 6.90. The SMILES string of the molecule is CCCCCCNC1CCc2cc(SC(C)(C)C(=O)O)ccc2C1. The fraction of sp³-hybridized carbons (Fsp3) is 0.650. The van der Waals surface area contributed by atoms with Crippen LogP contribution in [0.1, 0.15) is 64.0 Å². The van der Waals surface area contributed by atoms with Crippen molar-refractivity contribution in [3.8, 4) is 0 Å². The first kappa shape index (κ1) is 19.3. The van der Waals surface area contributed by atoms with Gasteiger partial charge in [-0.3, -0.25) is 4.79 Å². The summed E-state index contributed by atoms with van der Waals surface area (Å²) < 4.78 is -0.786. The second-order valence-electron chi connectivity index (χ2n) is 7.30. The number of benzene rings is 1. The molecule has 0 amide bonds. The minimum atomic E-state index is -0.786. The lowest BCUT2D eigenvalue weighted by Crippen LogP contribution is -2.35. The molecule has 0 heterocycles. The normalized spacial score (nSPS) is 17.5. The number of rotatable bonds is 9. The maximum Gasteiger partial charge on any atom is 0.319 e. The van der Waals surface area contributed by atoms with Gasteiger partial charge in [-0.05, 0) is 69.3 Å². The molecule has 2 N–H and O–H groups in total. The van der Waals surface area contributed by atoms with Crippen molar-refractivity contribution in [2.24, 2.45) is 0 Å². The predicted molar refractivity (Wildman–Crippen MR) is 102 cm³/mol. The number of hydrogen-bond donors (Lipinski definition) is 2. The fourth-order valence-electron chi connectivity index (χ4n) is 3.17. The first-order chi connectivity index (χ1) is 11.4. The first-order valence-electron chi connectivity index (χ1n) is 9.20. The van der Waals surface area contributed by atoms with Gasteiger partial charge in [-0.2, -0.15) is 0 Å². The average Bonchev–Trinajstić information content (AvgIpc) is 2.54. The Hall–Kier alpha value is -1.00. The lowest BCUT2D eigenvalue weighted by atomic mass is 9.88. The van der Waals surface area contributed by atoms with E-state index in [2.05, 4.69) is 30.4 Å². The largest absolute Gasteiger partial charge is 0.480 e. The van der Waals surface area contributed by atoms with E-state index in [4.69, 9.17) is 0 Å². The van der Waals surface area contributed by atoms with Gasteiger partial charge in [0.25, 0.3) is 0 Å². The Labute approximate surface area is 150 Å². The summed E-state index contributed by atoms with van der Waals surface area (Å²) in [5.74, 6) is -0.766. The Bertz CT molecular complexity index is 557. The number of fused-ring (bicyclic) bond motifs is 1. The highest BCUT2D eigenvalue weighted by Crippen LogP contribution is 2.35. The van der Waals surface area contributed by atoms with Gasteiger partial charge in [-0.15, -0.1) is 11.8 Å². The molecule has 0 bridgehead atoms. The third-order valence-electron chi connectivity index (χ3n) is 4.76. The molecular formula is C20H31NO2S. The fourth-order valence-corrected chi connectivity index (χ4v) is 4.18. The minimum Gasteiger partial charge on any atom is -0.480 e. The molecule has 2 rings (SSSR count). The highest BCUT2D eigenvalue weighted by atomic mass is 32.2. The van der Waals surface area contributed by atoms with Crippen molar-refractivity contribution in [1.82, 2.24) is 5.32 Å². The minimum absolute atomic E-state index is 0.591. The van der Waals surface area contributed by atoms with Crippen LogP contribution in [0.5, 0.6) is 0 Å². The van der Waals surface area contributed by atoms with Crippen molar-refractivity contribution in [1.29, 1.82) is 0 Å². The van der Waals surface area contributed by atoms with Gasteiger partial charge in [-0.1, -0.05) is 32.3 Å². The van der Waals surface area contributed by atoms with E-state index in [1.165, 1.54) is 55.0 Å². The topological polar surface area (TPSA) is 49.3 Å². The summed E-state index contributed by atoms with van der Waals surface area (Å²) in [7, 11) is 0. The highest BCUT2D eigenvalue weighted by Gasteiger charge is 2.29. The Morgan fingerprint density at radius 1 is 1.29 bits per heavy atom. The molecule has 1 aliphatic rings. The van der Waals surface area contributed by atoms with Crippen LogP contribution in [0, 0.1) is 0 Å². The number of carbonyl (C=O) groups is 1. The molecule has 0 fully saturated rings. The smallest absolute Gasteiger partial charge is 0.319 e. The molecule has 0 aromatic heterocycles. The molecule has 1 atom stereocenters. The molecule has 3 nitrogen and oxygen atoms in total. The second kappa shape index (κ2) is 8.91. The molecule has 0 saturated carbocycles. The number of carboxylic acids is 1. The van der Waals surface area contributed by atoms with E-state index in [-0.39, 0.29) is 0 Å². The van der Waals surface area contributed by atoms with Gasteiger partial charge < -0.3 is 10.4 Å². The Morgan fingerprint density at radius 2 is 2.08 bits per heavy atom. The summed E-state index contributed by atoms with van der Waals surface area (Å²) in [5, 5.41) is 13.0. The zero-order valence-electron chi connectivity index (χ0n) is 15.2. The molecule has 0 spiro atoms. The number of carboxylic acid groups (broad SMARTS) is 1. The first-order valence-corrected chi connectivity index (χ1v) is 10.0. The lowest BCUT2D eigenvalue weighted by Gasteiger charge is -2.27. The van der Waals surface area contributed by atoms with E-state index in [9.17, 15) is 9.90 Å². The molecule has 0 saturated heterocycles. The van der Waals surface area contributed by atoms with Gasteiger partial charge in [0.05, 0.1) is 0 Å². The summed E-state index contributed by atoms with van der Waals surface area (Å²) in [6, 6.07) is 7.06. The van der Waals surface area contributed by atoms with E-state index >= 15 is 0 Å². The molecule has 24 heavy (non-hydrogen) atoms. The Morgan fingerprint density at radius 3 is 2.79 bits per heavy atom. The van der Waals surface area contributed by atoms with Crippen LogP contribution in [0.25, 0.3) is 0 Å². The van der Waals surface area contributed by atoms with Crippen LogP contribution in [0.4, 0.5) is 0 Å². The summed E-state index contributed by atoms with van der Waals surface area (Å²) in [5.41, 5.74) is 2.81. The molecule has 1 unspecified atom stereocenters. The number of unbranched alkanes of at least 4 members (excludes halogenated alkanes) is 3. The van der Waals surface area contributed by atoms with Gasteiger partial charge in [0.2, 0.25) is 0 Å². The van der Waals surface area contributed by atoms with Crippen molar-refractivity contribution < 1.29 is 9.90 Å². The zero-order chi connectivity index (χ0) is 17.6. The number of aliphatic carboxylic acids is 1. The van der Waals surface area contributed by atoms with Crippen LogP contribution >= 0.6 is 11.8 Å². The molecule has 1 aliphatic carbocycles. The average molecular weight is 350 g/mol. The van der Waals surface area contributed by atoms with E-state index in [1.54, 1.807) is 13.8 Å². The number of thioether (sulfide) groups is 1. The quantitative estimate of drug-likeness (QED) is 0.502. The van der Waals surface area contributed by atoms with E-state index in [1.807, 2.05) is 0 Å². The zero-order valence-corrected chi connectivity index (χ0v) is 16.0. The molecular weight excluding hydrogens is 318 g/mol. The lowest BCUT2D eigenvalue weighted by molar-refractivity contribution is -0.138. The van der Waals surface area contributed by atoms with Crippen LogP contribution in [0.2, 0.25) is 0 Å². The van der Waals surface area contributed by atoms with Crippen molar-refractivity contribution in [3.63, 3.8) is 0 Å². The van der Waals surface area contributed by atoms with Gasteiger partial charge in [-0.25, -0.2) is 0 Å². The summed E-state index contributed by atoms with van der Waals surface area (Å²) >= 11 is 1.43. The van der Waals surface area contributed by atoms with Crippen molar-refractivity contribution >= 4 is 17.7 Å². The van der Waals surface area contributed by atoms with E-state index in [0.717, 1.165) is 24.3 Å². The summed E-state index contributed by atoms with van der Waals surface area (Å²) in [4.78, 5) is 12.4. The van der Waals surface area contributed by atoms with E-state index < -0.39 is 10.7 Å². The number of nitrogens with one attached hydrogen (secondary N) is 1. The number of hydrogen-bond acceptors (Lipinski definition) is 3. The van der Waals surface area contributed by atoms with Crippen LogP contribution in [0.3, 0.4) is 0 Å². The highest BCUT2D eigenvalue weighted by molar-refractivity contribution is 8.01. The molecule has 134 valence electrons. The molecule has 1 aromatic rings. The van der Waals surface area contributed by atoms with Gasteiger partial charge in [0, 0.05) is 10.9 Å². The van der Waals surface area contributed by atoms with Crippen molar-refractivity contribution in [3.05, 3.63) is 29.3 Å². The third kappa shape index (κ3) is 5.52. The van der Waals surface area contributed by atoms with Gasteiger partial charge >= 0.3 is 5.97 Å².